The molecule has 0 aromatic heterocycles. The van der Waals surface area contributed by atoms with Crippen molar-refractivity contribution in [3.63, 3.8) is 0 Å². The topological polar surface area (TPSA) is 81.4 Å². The van der Waals surface area contributed by atoms with Crippen LogP contribution in [0, 0.1) is 0 Å². The van der Waals surface area contributed by atoms with E-state index in [-0.39, 0.29) is 9.92 Å². The number of hydrogen-bond acceptors (Lipinski definition) is 4. The fourth-order valence-corrected chi connectivity index (χ4v) is 2.29. The van der Waals surface area contributed by atoms with Gasteiger partial charge >= 0.3 is 0 Å². The zero-order chi connectivity index (χ0) is 10.3. The Labute approximate surface area is 85.9 Å². The average molecular weight is 235 g/mol. The minimum Gasteiger partial charge on any atom is -0.471 e. The molecule has 0 amide bonds. The summed E-state index contributed by atoms with van der Waals surface area (Å²) in [6, 6.07) is 2.79. The van der Waals surface area contributed by atoms with Crippen LogP contribution < -0.4 is 15.2 Å². The summed E-state index contributed by atoms with van der Waals surface area (Å²) < 4.78 is 27.2. The monoisotopic (exact) mass is 234 g/mol. The minimum atomic E-state index is -3.79. The largest absolute Gasteiger partial charge is 0.471 e. The van der Waals surface area contributed by atoms with Gasteiger partial charge in [-0.3, -0.25) is 0 Å². The Hall–Kier alpha value is -0.980. The lowest BCUT2D eigenvalue weighted by Crippen LogP contribution is -2.12. The molecule has 2 rings (SSSR count). The normalized spacial score (nSPS) is 14.4. The lowest BCUT2D eigenvalue weighted by molar-refractivity contribution is 0.371. The minimum absolute atomic E-state index is 0.0873. The van der Waals surface area contributed by atoms with Gasteiger partial charge in [-0.25, -0.2) is 13.6 Å². The number of benzene rings is 1. The van der Waals surface area contributed by atoms with Crippen LogP contribution in [0.3, 0.4) is 0 Å². The van der Waals surface area contributed by atoms with Gasteiger partial charge in [0, 0.05) is 6.07 Å². The molecule has 0 spiro atoms. The Kier molecular flexibility index (Phi) is 2.06. The van der Waals surface area contributed by atoms with E-state index in [0.29, 0.717) is 18.2 Å². The zero-order valence-electron chi connectivity index (χ0n) is 6.95. The lowest BCUT2D eigenvalue weighted by atomic mass is 10.3. The number of halogens is 1. The summed E-state index contributed by atoms with van der Waals surface area (Å²) in [5.74, 6) is 0.443. The summed E-state index contributed by atoms with van der Waals surface area (Å²) in [6.45, 7) is 0.305. The van der Waals surface area contributed by atoms with Crippen LogP contribution in [0.1, 0.15) is 0 Å². The molecule has 7 heteroatoms. The third kappa shape index (κ3) is 1.52. The Balaban J connectivity index is 2.65. The predicted molar refractivity (Wildman–Crippen MR) is 51.9 cm³/mol. The van der Waals surface area contributed by atoms with Crippen LogP contribution >= 0.6 is 11.6 Å². The van der Waals surface area contributed by atoms with E-state index in [1.165, 1.54) is 12.1 Å². The summed E-state index contributed by atoms with van der Waals surface area (Å²) in [6.07, 6.45) is 0. The van der Waals surface area contributed by atoms with Crippen molar-refractivity contribution in [1.82, 2.24) is 0 Å². The van der Waals surface area contributed by atoms with E-state index in [1.54, 1.807) is 0 Å². The number of ether oxygens (including phenoxy) is 1. The Morgan fingerprint density at radius 1 is 1.50 bits per heavy atom. The SMILES string of the molecule is NS(=O)(=O)c1cc2c(cc1Cl)NCO2. The number of anilines is 1. The fraction of sp³-hybridized carbons (Fsp3) is 0.143. The predicted octanol–water partition coefficient (Wildman–Crippen LogP) is 0.749. The molecule has 5 nitrogen and oxygen atoms in total. The molecule has 0 atom stereocenters. The van der Waals surface area contributed by atoms with Gasteiger partial charge in [-0.15, -0.1) is 0 Å². The van der Waals surface area contributed by atoms with E-state index >= 15 is 0 Å². The summed E-state index contributed by atoms with van der Waals surface area (Å²) in [4.78, 5) is -0.124. The molecule has 1 aromatic carbocycles. The van der Waals surface area contributed by atoms with Gasteiger partial charge in [0.25, 0.3) is 0 Å². The second kappa shape index (κ2) is 3.01. The van der Waals surface area contributed by atoms with Crippen LogP contribution in [0.5, 0.6) is 5.75 Å². The quantitative estimate of drug-likeness (QED) is 0.751. The molecule has 0 radical (unpaired) electrons. The van der Waals surface area contributed by atoms with Crippen molar-refractivity contribution in [3.05, 3.63) is 17.2 Å². The van der Waals surface area contributed by atoms with Crippen molar-refractivity contribution in [3.8, 4) is 5.75 Å². The van der Waals surface area contributed by atoms with Crippen LogP contribution in [0.4, 0.5) is 5.69 Å². The highest BCUT2D eigenvalue weighted by Crippen LogP contribution is 2.35. The van der Waals surface area contributed by atoms with E-state index in [9.17, 15) is 8.42 Å². The highest BCUT2D eigenvalue weighted by molar-refractivity contribution is 7.89. The van der Waals surface area contributed by atoms with Crippen LogP contribution in [-0.4, -0.2) is 15.1 Å². The van der Waals surface area contributed by atoms with Crippen molar-refractivity contribution >= 4 is 27.3 Å². The van der Waals surface area contributed by atoms with Crippen molar-refractivity contribution in [2.45, 2.75) is 4.90 Å². The van der Waals surface area contributed by atoms with Gasteiger partial charge in [0.05, 0.1) is 10.7 Å². The van der Waals surface area contributed by atoms with Gasteiger partial charge in [-0.05, 0) is 6.07 Å². The van der Waals surface area contributed by atoms with Gasteiger partial charge in [-0.1, -0.05) is 11.6 Å². The molecule has 14 heavy (non-hydrogen) atoms. The molecular weight excluding hydrogens is 228 g/mol. The van der Waals surface area contributed by atoms with Gasteiger partial charge in [0.2, 0.25) is 10.0 Å². The van der Waals surface area contributed by atoms with Crippen molar-refractivity contribution < 1.29 is 13.2 Å². The first kappa shape index (κ1) is 9.57. The van der Waals surface area contributed by atoms with Crippen molar-refractivity contribution in [1.29, 1.82) is 0 Å². The third-order valence-electron chi connectivity index (χ3n) is 1.83. The van der Waals surface area contributed by atoms with Crippen LogP contribution in [0.15, 0.2) is 17.0 Å². The van der Waals surface area contributed by atoms with Gasteiger partial charge < -0.3 is 10.1 Å². The molecule has 1 aromatic rings. The van der Waals surface area contributed by atoms with Gasteiger partial charge in [-0.2, -0.15) is 0 Å². The summed E-state index contributed by atoms with van der Waals surface area (Å²) in [5.41, 5.74) is 0.669. The first-order chi connectivity index (χ1) is 6.48. The molecule has 76 valence electrons. The lowest BCUT2D eigenvalue weighted by Gasteiger charge is -2.03. The molecule has 0 bridgehead atoms. The molecule has 0 fully saturated rings. The van der Waals surface area contributed by atoms with Crippen LogP contribution in [-0.2, 0) is 10.0 Å². The second-order valence-corrected chi connectivity index (χ2v) is 4.73. The van der Waals surface area contributed by atoms with E-state index in [4.69, 9.17) is 21.5 Å². The Morgan fingerprint density at radius 2 is 2.21 bits per heavy atom. The number of fused-ring (bicyclic) bond motifs is 1. The third-order valence-corrected chi connectivity index (χ3v) is 3.21. The first-order valence-corrected chi connectivity index (χ1v) is 5.64. The van der Waals surface area contributed by atoms with Crippen LogP contribution in [0.2, 0.25) is 5.02 Å². The molecular formula is C7H7ClN2O3S. The molecule has 1 aliphatic rings. The summed E-state index contributed by atoms with van der Waals surface area (Å²) >= 11 is 5.74. The second-order valence-electron chi connectivity index (χ2n) is 2.79. The maximum absolute atomic E-state index is 11.1. The maximum Gasteiger partial charge on any atom is 0.239 e. The van der Waals surface area contributed by atoms with E-state index in [1.807, 2.05) is 0 Å². The first-order valence-electron chi connectivity index (χ1n) is 3.71. The van der Waals surface area contributed by atoms with Crippen LogP contribution in [0.25, 0.3) is 0 Å². The molecule has 0 saturated heterocycles. The molecule has 0 aliphatic carbocycles. The number of nitrogens with one attached hydrogen (secondary N) is 1. The number of rotatable bonds is 1. The highest BCUT2D eigenvalue weighted by Gasteiger charge is 2.20. The molecule has 0 unspecified atom stereocenters. The summed E-state index contributed by atoms with van der Waals surface area (Å²) in [5, 5.41) is 7.93. The average Bonchev–Trinajstić information content (AvgIpc) is 2.47. The molecule has 3 N–H and O–H groups in total. The van der Waals surface area contributed by atoms with E-state index < -0.39 is 10.0 Å². The number of hydrogen-bond donors (Lipinski definition) is 2. The van der Waals surface area contributed by atoms with Crippen molar-refractivity contribution in [2.24, 2.45) is 5.14 Å². The standard InChI is InChI=1S/C7H7ClN2O3S/c8-4-1-5-6(13-3-10-5)2-7(4)14(9,11)12/h1-2,10H,3H2,(H2,9,11,12). The van der Waals surface area contributed by atoms with E-state index in [2.05, 4.69) is 5.32 Å². The molecule has 0 saturated carbocycles. The summed E-state index contributed by atoms with van der Waals surface area (Å²) in [7, 11) is -3.79. The zero-order valence-corrected chi connectivity index (χ0v) is 8.52. The Bertz CT molecular complexity index is 486. The highest BCUT2D eigenvalue weighted by atomic mass is 35.5. The number of sulfonamides is 1. The van der Waals surface area contributed by atoms with E-state index in [0.717, 1.165) is 0 Å². The van der Waals surface area contributed by atoms with Crippen molar-refractivity contribution in [2.75, 3.05) is 12.0 Å². The van der Waals surface area contributed by atoms with Gasteiger partial charge in [0.15, 0.2) is 6.73 Å². The Morgan fingerprint density at radius 3 is 2.86 bits per heavy atom. The number of nitrogens with two attached hydrogens (primary N) is 1. The smallest absolute Gasteiger partial charge is 0.239 e. The fourth-order valence-electron chi connectivity index (χ4n) is 1.20. The molecule has 1 heterocycles. The van der Waals surface area contributed by atoms with Gasteiger partial charge in [0.1, 0.15) is 10.6 Å². The maximum atomic E-state index is 11.1. The number of primary sulfonamides is 1. The molecule has 1 aliphatic heterocycles.